The second-order valence-corrected chi connectivity index (χ2v) is 4.54. The topological polar surface area (TPSA) is 77.3 Å². The van der Waals surface area contributed by atoms with Crippen molar-refractivity contribution in [2.24, 2.45) is 4.99 Å². The number of aliphatic imine (C=N–C) groups is 1. The largest absolute Gasteiger partial charge is 0.383 e. The highest BCUT2D eigenvalue weighted by atomic mass is 16.5. The smallest absolute Gasteiger partial charge is 0.171 e. The van der Waals surface area contributed by atoms with E-state index in [9.17, 15) is 0 Å². The zero-order valence-corrected chi connectivity index (χ0v) is 9.64. The molecule has 17 heavy (non-hydrogen) atoms. The fraction of sp³-hybridized carbons (Fsp3) is 0.250. The van der Waals surface area contributed by atoms with Gasteiger partial charge in [-0.25, -0.2) is 4.98 Å². The van der Waals surface area contributed by atoms with Gasteiger partial charge in [-0.3, -0.25) is 4.99 Å². The third-order valence-corrected chi connectivity index (χ3v) is 2.95. The van der Waals surface area contributed by atoms with Crippen molar-refractivity contribution in [1.82, 2.24) is 10.1 Å². The molecule has 1 aliphatic heterocycles. The van der Waals surface area contributed by atoms with Crippen molar-refractivity contribution in [3.8, 4) is 11.1 Å². The molecule has 0 fully saturated rings. The molecular weight excluding hydrogens is 216 g/mol. The number of rotatable bonds is 0. The standard InChI is InChI=1S/C12H12N4O/c1-12(2)10-8(6-16-17-10)7-3-4-14-11(13)9(7)5-15-12/h3-6H,1-2H3,(H2,13,14). The van der Waals surface area contributed by atoms with E-state index in [-0.39, 0.29) is 0 Å². The van der Waals surface area contributed by atoms with Crippen LogP contribution in [0.4, 0.5) is 5.82 Å². The van der Waals surface area contributed by atoms with E-state index in [1.807, 2.05) is 19.9 Å². The maximum Gasteiger partial charge on any atom is 0.171 e. The Labute approximate surface area is 98.4 Å². The molecule has 5 heteroatoms. The molecule has 1 aliphatic rings. The number of nitrogens with zero attached hydrogens (tertiary/aromatic N) is 3. The highest BCUT2D eigenvalue weighted by Gasteiger charge is 2.31. The molecule has 3 rings (SSSR count). The molecule has 0 spiro atoms. The molecule has 0 saturated carbocycles. The van der Waals surface area contributed by atoms with E-state index in [0.29, 0.717) is 5.82 Å². The highest BCUT2D eigenvalue weighted by Crippen LogP contribution is 2.38. The summed E-state index contributed by atoms with van der Waals surface area (Å²) in [4.78, 5) is 8.57. The average Bonchev–Trinajstić information content (AvgIpc) is 2.73. The van der Waals surface area contributed by atoms with Gasteiger partial charge < -0.3 is 10.3 Å². The first-order valence-electron chi connectivity index (χ1n) is 5.35. The molecule has 2 N–H and O–H groups in total. The van der Waals surface area contributed by atoms with Crippen molar-refractivity contribution in [1.29, 1.82) is 0 Å². The second kappa shape index (κ2) is 3.16. The number of hydrogen-bond donors (Lipinski definition) is 1. The summed E-state index contributed by atoms with van der Waals surface area (Å²) in [6.45, 7) is 3.95. The Morgan fingerprint density at radius 1 is 1.29 bits per heavy atom. The van der Waals surface area contributed by atoms with E-state index in [1.165, 1.54) is 0 Å². The Morgan fingerprint density at radius 3 is 2.94 bits per heavy atom. The Morgan fingerprint density at radius 2 is 2.12 bits per heavy atom. The van der Waals surface area contributed by atoms with E-state index in [0.717, 1.165) is 22.5 Å². The van der Waals surface area contributed by atoms with Gasteiger partial charge in [0.2, 0.25) is 0 Å². The number of fused-ring (bicyclic) bond motifs is 3. The van der Waals surface area contributed by atoms with Crippen molar-refractivity contribution < 1.29 is 4.52 Å². The lowest BCUT2D eigenvalue weighted by Gasteiger charge is -2.15. The van der Waals surface area contributed by atoms with E-state index in [2.05, 4.69) is 15.1 Å². The lowest BCUT2D eigenvalue weighted by Crippen LogP contribution is -2.12. The number of aromatic nitrogens is 2. The van der Waals surface area contributed by atoms with Gasteiger partial charge in [0.15, 0.2) is 5.76 Å². The summed E-state index contributed by atoms with van der Waals surface area (Å²) in [5.74, 6) is 1.22. The fourth-order valence-corrected chi connectivity index (χ4v) is 2.02. The molecule has 86 valence electrons. The lowest BCUT2D eigenvalue weighted by atomic mass is 9.96. The minimum Gasteiger partial charge on any atom is -0.383 e. The summed E-state index contributed by atoms with van der Waals surface area (Å²) < 4.78 is 5.32. The van der Waals surface area contributed by atoms with Crippen LogP contribution in [0, 0.1) is 0 Å². The van der Waals surface area contributed by atoms with Gasteiger partial charge in [-0.2, -0.15) is 0 Å². The van der Waals surface area contributed by atoms with Crippen LogP contribution >= 0.6 is 0 Å². The molecule has 0 atom stereocenters. The van der Waals surface area contributed by atoms with Crippen LogP contribution in [0.2, 0.25) is 0 Å². The van der Waals surface area contributed by atoms with Crippen molar-refractivity contribution >= 4 is 12.0 Å². The molecule has 0 aromatic carbocycles. The summed E-state index contributed by atoms with van der Waals surface area (Å²) in [6, 6.07) is 1.90. The first kappa shape index (κ1) is 10.0. The third kappa shape index (κ3) is 1.35. The minimum atomic E-state index is -0.447. The Balaban J connectivity index is 2.39. The summed E-state index contributed by atoms with van der Waals surface area (Å²) in [5, 5.41) is 3.86. The van der Waals surface area contributed by atoms with Crippen molar-refractivity contribution in [2.45, 2.75) is 19.4 Å². The van der Waals surface area contributed by atoms with Crippen LogP contribution in [0.25, 0.3) is 11.1 Å². The molecule has 0 bridgehead atoms. The van der Waals surface area contributed by atoms with Crippen LogP contribution < -0.4 is 5.73 Å². The van der Waals surface area contributed by atoms with Crippen LogP contribution in [0.1, 0.15) is 25.2 Å². The quantitative estimate of drug-likeness (QED) is 0.748. The summed E-state index contributed by atoms with van der Waals surface area (Å²) in [6.07, 6.45) is 5.13. The minimum absolute atomic E-state index is 0.447. The zero-order chi connectivity index (χ0) is 12.0. The average molecular weight is 228 g/mol. The predicted molar refractivity (Wildman–Crippen MR) is 64.8 cm³/mol. The molecule has 0 saturated heterocycles. The maximum absolute atomic E-state index is 5.87. The molecule has 3 heterocycles. The van der Waals surface area contributed by atoms with Crippen molar-refractivity contribution in [2.75, 3.05) is 5.73 Å². The Hall–Kier alpha value is -2.17. The van der Waals surface area contributed by atoms with Gasteiger partial charge in [0.25, 0.3) is 0 Å². The number of hydrogen-bond acceptors (Lipinski definition) is 5. The van der Waals surface area contributed by atoms with Gasteiger partial charge in [0.05, 0.1) is 6.20 Å². The Bertz CT molecular complexity index is 613. The molecular formula is C12H12N4O. The van der Waals surface area contributed by atoms with Crippen molar-refractivity contribution in [3.05, 3.63) is 29.8 Å². The van der Waals surface area contributed by atoms with Gasteiger partial charge in [-0.15, -0.1) is 0 Å². The highest BCUT2D eigenvalue weighted by molar-refractivity contribution is 5.96. The molecule has 0 aliphatic carbocycles. The molecule has 0 amide bonds. The number of anilines is 1. The summed E-state index contributed by atoms with van der Waals surface area (Å²) >= 11 is 0. The van der Waals surface area contributed by atoms with Crippen LogP contribution in [-0.4, -0.2) is 16.4 Å². The van der Waals surface area contributed by atoms with Crippen LogP contribution in [0.15, 0.2) is 28.0 Å². The number of pyridine rings is 1. The fourth-order valence-electron chi connectivity index (χ4n) is 2.02. The van der Waals surface area contributed by atoms with E-state index in [1.54, 1.807) is 18.6 Å². The normalized spacial score (nSPS) is 16.1. The van der Waals surface area contributed by atoms with Crippen LogP contribution in [0.5, 0.6) is 0 Å². The first-order chi connectivity index (χ1) is 8.09. The van der Waals surface area contributed by atoms with Gasteiger partial charge in [-0.05, 0) is 19.9 Å². The number of nitrogens with two attached hydrogens (primary N) is 1. The van der Waals surface area contributed by atoms with Crippen LogP contribution in [0.3, 0.4) is 0 Å². The van der Waals surface area contributed by atoms with Crippen LogP contribution in [-0.2, 0) is 5.54 Å². The van der Waals surface area contributed by atoms with Gasteiger partial charge in [-0.1, -0.05) is 5.16 Å². The summed E-state index contributed by atoms with van der Waals surface area (Å²) in [7, 11) is 0. The van der Waals surface area contributed by atoms with Gasteiger partial charge >= 0.3 is 0 Å². The summed E-state index contributed by atoms with van der Waals surface area (Å²) in [5.41, 5.74) is 8.14. The van der Waals surface area contributed by atoms with Gasteiger partial charge in [0.1, 0.15) is 11.4 Å². The second-order valence-electron chi connectivity index (χ2n) is 4.54. The third-order valence-electron chi connectivity index (χ3n) is 2.95. The predicted octanol–water partition coefficient (Wildman–Crippen LogP) is 1.99. The maximum atomic E-state index is 5.87. The Kier molecular flexibility index (Phi) is 1.86. The van der Waals surface area contributed by atoms with E-state index in [4.69, 9.17) is 10.3 Å². The SMILES string of the molecule is CC1(C)N=Cc2c(ccnc2N)-c2cnoc21. The van der Waals surface area contributed by atoms with E-state index >= 15 is 0 Å². The molecule has 2 aromatic rings. The molecule has 5 nitrogen and oxygen atoms in total. The van der Waals surface area contributed by atoms with Crippen molar-refractivity contribution in [3.63, 3.8) is 0 Å². The lowest BCUT2D eigenvalue weighted by molar-refractivity contribution is 0.324. The first-order valence-corrected chi connectivity index (χ1v) is 5.35. The van der Waals surface area contributed by atoms with E-state index < -0.39 is 5.54 Å². The molecule has 2 aromatic heterocycles. The zero-order valence-electron chi connectivity index (χ0n) is 9.64. The van der Waals surface area contributed by atoms with Gasteiger partial charge in [0, 0.05) is 29.1 Å². The molecule has 0 unspecified atom stereocenters. The number of nitrogen functional groups attached to an aromatic ring is 1. The monoisotopic (exact) mass is 228 g/mol. The molecule has 0 radical (unpaired) electrons.